The predicted molar refractivity (Wildman–Crippen MR) is 325 cm³/mol. The van der Waals surface area contributed by atoms with Crippen molar-refractivity contribution in [3.63, 3.8) is 0 Å². The second-order valence-corrected chi connectivity index (χ2v) is 25.2. The fourth-order valence-electron chi connectivity index (χ4n) is 9.95. The molecule has 0 radical (unpaired) electrons. The van der Waals surface area contributed by atoms with Crippen LogP contribution in [0.5, 0.6) is 0 Å². The van der Waals surface area contributed by atoms with Gasteiger partial charge in [0.2, 0.25) is 5.91 Å². The molecule has 0 aromatic carbocycles. The first-order valence-corrected chi connectivity index (χ1v) is 34.3. The SMILES string of the molecule is CCCCCCC/C=C\C/C=C\CCCCCCCCCCCCCCCCCCCCCC(=O)NC(COP(=O)([O-])OCC[N+](C)(C)C)C(O)/C=C/CCCCCCCCCCCCCCCCCCCCCC. The molecule has 0 saturated heterocycles. The molecule has 3 unspecified atom stereocenters. The lowest BCUT2D eigenvalue weighted by Gasteiger charge is -2.29. The van der Waals surface area contributed by atoms with Crippen LogP contribution < -0.4 is 10.2 Å². The molecule has 2 N–H and O–H groups in total. The summed E-state index contributed by atoms with van der Waals surface area (Å²) in [6.07, 6.45) is 75.3. The predicted octanol–water partition coefficient (Wildman–Crippen LogP) is 19.9. The van der Waals surface area contributed by atoms with Crippen LogP contribution in [-0.4, -0.2) is 68.5 Å². The lowest BCUT2D eigenvalue weighted by Crippen LogP contribution is -2.45. The molecular weight excluding hydrogens is 948 g/mol. The number of nitrogens with zero attached hydrogens (tertiary/aromatic N) is 1. The highest BCUT2D eigenvalue weighted by Gasteiger charge is 2.23. The van der Waals surface area contributed by atoms with Gasteiger partial charge in [-0.25, -0.2) is 0 Å². The van der Waals surface area contributed by atoms with E-state index in [9.17, 15) is 19.4 Å². The highest BCUT2D eigenvalue weighted by atomic mass is 31.2. The summed E-state index contributed by atoms with van der Waals surface area (Å²) in [6.45, 7) is 4.69. The topological polar surface area (TPSA) is 108 Å². The van der Waals surface area contributed by atoms with Gasteiger partial charge in [0.15, 0.2) is 0 Å². The molecule has 0 aliphatic carbocycles. The zero-order valence-corrected chi connectivity index (χ0v) is 51.7. The number of carbonyl (C=O) groups is 1. The minimum absolute atomic E-state index is 0.000945. The van der Waals surface area contributed by atoms with Crippen molar-refractivity contribution >= 4 is 13.7 Å². The molecule has 0 bridgehead atoms. The van der Waals surface area contributed by atoms with Crippen LogP contribution in [0.2, 0.25) is 0 Å². The zero-order valence-electron chi connectivity index (χ0n) is 50.8. The minimum atomic E-state index is -4.60. The molecule has 1 amide bonds. The van der Waals surface area contributed by atoms with Crippen molar-refractivity contribution in [3.8, 4) is 0 Å². The normalized spacial score (nSPS) is 14.0. The summed E-state index contributed by atoms with van der Waals surface area (Å²) in [6, 6.07) is -0.886. The van der Waals surface area contributed by atoms with Gasteiger partial charge in [0, 0.05) is 6.42 Å². The molecule has 0 saturated carbocycles. The van der Waals surface area contributed by atoms with Gasteiger partial charge in [-0.2, -0.15) is 0 Å². The minimum Gasteiger partial charge on any atom is -0.756 e. The molecule has 0 aromatic rings. The summed E-state index contributed by atoms with van der Waals surface area (Å²) in [5, 5.41) is 13.9. The average molecular weight is 1080 g/mol. The molecule has 0 heterocycles. The Morgan fingerprint density at radius 1 is 0.467 bits per heavy atom. The van der Waals surface area contributed by atoms with E-state index >= 15 is 0 Å². The maximum atomic E-state index is 13.0. The number of amides is 1. The van der Waals surface area contributed by atoms with Crippen LogP contribution in [-0.2, 0) is 18.4 Å². The van der Waals surface area contributed by atoms with E-state index in [1.807, 2.05) is 27.2 Å². The standard InChI is InChI=1S/C66H129N2O6P/c1-6-8-10-12-14-16-18-20-22-24-26-28-30-31-32-33-34-35-36-37-38-40-42-44-46-48-50-52-54-56-58-60-66(70)67-64(63-74-75(71,72)73-62-61-68(3,4)5)65(69)59-57-55-53-51-49-47-45-43-41-39-29-27-25-23-21-19-17-15-13-11-9-7-2/h18,20,24,26,57,59,64-65,69H,6-17,19,21-23,25,27-56,58,60-63H2,1-5H3,(H-,67,70,71,72)/b20-18-,26-24-,59-57+. The Morgan fingerprint density at radius 3 is 1.11 bits per heavy atom. The Kier molecular flexibility index (Phi) is 56.4. The second-order valence-electron chi connectivity index (χ2n) is 23.8. The molecule has 9 heteroatoms. The van der Waals surface area contributed by atoms with Crippen LogP contribution >= 0.6 is 7.82 Å². The number of phosphoric ester groups is 1. The van der Waals surface area contributed by atoms with Gasteiger partial charge in [-0.1, -0.05) is 307 Å². The fraction of sp³-hybridized carbons (Fsp3) is 0.894. The van der Waals surface area contributed by atoms with Crippen molar-refractivity contribution in [3.05, 3.63) is 36.5 Å². The molecule has 0 aliphatic rings. The molecule has 0 spiro atoms. The Hall–Kier alpha value is -1.28. The van der Waals surface area contributed by atoms with E-state index in [2.05, 4.69) is 43.5 Å². The van der Waals surface area contributed by atoms with E-state index in [0.717, 1.165) is 44.9 Å². The number of aliphatic hydroxyl groups is 1. The van der Waals surface area contributed by atoms with Crippen molar-refractivity contribution in [2.45, 2.75) is 341 Å². The number of allylic oxidation sites excluding steroid dienone is 5. The second kappa shape index (κ2) is 57.4. The highest BCUT2D eigenvalue weighted by molar-refractivity contribution is 7.45. The highest BCUT2D eigenvalue weighted by Crippen LogP contribution is 2.38. The lowest BCUT2D eigenvalue weighted by molar-refractivity contribution is -0.870. The van der Waals surface area contributed by atoms with E-state index in [-0.39, 0.29) is 19.1 Å². The monoisotopic (exact) mass is 1080 g/mol. The lowest BCUT2D eigenvalue weighted by atomic mass is 10.0. The number of hydrogen-bond acceptors (Lipinski definition) is 6. The maximum absolute atomic E-state index is 13.0. The zero-order chi connectivity index (χ0) is 54.9. The van der Waals surface area contributed by atoms with E-state index in [1.54, 1.807) is 6.08 Å². The van der Waals surface area contributed by atoms with E-state index in [0.29, 0.717) is 17.4 Å². The van der Waals surface area contributed by atoms with Crippen molar-refractivity contribution in [1.82, 2.24) is 5.32 Å². The molecule has 444 valence electrons. The molecule has 75 heavy (non-hydrogen) atoms. The first-order valence-electron chi connectivity index (χ1n) is 32.9. The first-order chi connectivity index (χ1) is 36.5. The number of carbonyl (C=O) groups excluding carboxylic acids is 1. The summed E-state index contributed by atoms with van der Waals surface area (Å²) < 4.78 is 23.4. The van der Waals surface area contributed by atoms with Gasteiger partial charge in [0.1, 0.15) is 13.2 Å². The largest absolute Gasteiger partial charge is 0.756 e. The molecule has 3 atom stereocenters. The number of likely N-dealkylation sites (N-methyl/N-ethyl adjacent to an activating group) is 1. The number of nitrogens with one attached hydrogen (secondary N) is 1. The summed E-state index contributed by atoms with van der Waals surface area (Å²) in [5.74, 6) is -0.191. The van der Waals surface area contributed by atoms with Gasteiger partial charge in [0.05, 0.1) is 39.9 Å². The Balaban J connectivity index is 4.07. The Morgan fingerprint density at radius 2 is 0.773 bits per heavy atom. The van der Waals surface area contributed by atoms with Crippen molar-refractivity contribution < 1.29 is 32.9 Å². The van der Waals surface area contributed by atoms with Crippen LogP contribution in [0.4, 0.5) is 0 Å². The van der Waals surface area contributed by atoms with Gasteiger partial charge >= 0.3 is 0 Å². The Labute approximate surface area is 467 Å². The molecule has 0 aromatic heterocycles. The average Bonchev–Trinajstić information content (AvgIpc) is 3.37. The van der Waals surface area contributed by atoms with E-state index in [1.165, 1.54) is 263 Å². The molecule has 0 aliphatic heterocycles. The van der Waals surface area contributed by atoms with Gasteiger partial charge in [-0.05, 0) is 51.4 Å². The molecule has 0 rings (SSSR count). The number of hydrogen-bond donors (Lipinski definition) is 2. The first kappa shape index (κ1) is 73.7. The summed E-state index contributed by atoms with van der Waals surface area (Å²) in [4.78, 5) is 25.6. The maximum Gasteiger partial charge on any atom is 0.268 e. The number of phosphoric acid groups is 1. The van der Waals surface area contributed by atoms with Crippen LogP contribution in [0.3, 0.4) is 0 Å². The summed E-state index contributed by atoms with van der Waals surface area (Å²) in [5.41, 5.74) is 0. The summed E-state index contributed by atoms with van der Waals surface area (Å²) in [7, 11) is 1.28. The van der Waals surface area contributed by atoms with Crippen LogP contribution in [0.15, 0.2) is 36.5 Å². The number of quaternary nitrogens is 1. The van der Waals surface area contributed by atoms with Crippen molar-refractivity contribution in [2.24, 2.45) is 0 Å². The van der Waals surface area contributed by atoms with Gasteiger partial charge < -0.3 is 28.8 Å². The summed E-state index contributed by atoms with van der Waals surface area (Å²) >= 11 is 0. The van der Waals surface area contributed by atoms with Gasteiger partial charge in [-0.15, -0.1) is 0 Å². The van der Waals surface area contributed by atoms with Crippen molar-refractivity contribution in [2.75, 3.05) is 40.9 Å². The quantitative estimate of drug-likeness (QED) is 0.0272. The van der Waals surface area contributed by atoms with Crippen LogP contribution in [0.1, 0.15) is 328 Å². The number of rotatable bonds is 61. The third-order valence-electron chi connectivity index (χ3n) is 15.1. The third-order valence-corrected chi connectivity index (χ3v) is 16.1. The van der Waals surface area contributed by atoms with Crippen LogP contribution in [0, 0.1) is 0 Å². The molecular formula is C66H129N2O6P. The van der Waals surface area contributed by atoms with Crippen LogP contribution in [0.25, 0.3) is 0 Å². The Bertz CT molecular complexity index is 1320. The van der Waals surface area contributed by atoms with Gasteiger partial charge in [0.25, 0.3) is 7.82 Å². The fourth-order valence-corrected chi connectivity index (χ4v) is 10.7. The third kappa shape index (κ3) is 60.2. The molecule has 0 fully saturated rings. The smallest absolute Gasteiger partial charge is 0.268 e. The number of aliphatic hydroxyl groups excluding tert-OH is 1. The van der Waals surface area contributed by atoms with Gasteiger partial charge in [-0.3, -0.25) is 9.36 Å². The number of unbranched alkanes of at least 4 members (excludes halogenated alkanes) is 44. The van der Waals surface area contributed by atoms with E-state index < -0.39 is 20.0 Å². The van der Waals surface area contributed by atoms with Crippen molar-refractivity contribution in [1.29, 1.82) is 0 Å². The molecule has 8 nitrogen and oxygen atoms in total. The van der Waals surface area contributed by atoms with E-state index in [4.69, 9.17) is 9.05 Å².